The molecule has 1 heterocycles. The van der Waals surface area contributed by atoms with E-state index in [0.29, 0.717) is 22.0 Å². The molecule has 12 heteroatoms. The number of benzene rings is 2. The highest BCUT2D eigenvalue weighted by Crippen LogP contribution is 2.25. The molecule has 0 radical (unpaired) electrons. The Hall–Kier alpha value is -2.82. The standard InChI is InChI=1S/C24H26Cl2N2O7S/c1-2-28(12-22(29)27-18-9-10-36(32,33)15-18)23(30)14-35-24(31)19-5-3-4-6-21(19)34-13-16-7-8-17(25)11-20(16)26/h3-8,11,18H,2,9-10,12-15H2,1H3,(H,27,29)/t18-/m1/s1. The number of rotatable bonds is 10. The average Bonchev–Trinajstić information content (AvgIpc) is 3.18. The lowest BCUT2D eigenvalue weighted by Gasteiger charge is -2.21. The van der Waals surface area contributed by atoms with E-state index in [4.69, 9.17) is 32.7 Å². The van der Waals surface area contributed by atoms with Gasteiger partial charge in [0.25, 0.3) is 5.91 Å². The van der Waals surface area contributed by atoms with E-state index in [0.717, 1.165) is 0 Å². The SMILES string of the molecule is CCN(CC(=O)N[C@@H]1CCS(=O)(=O)C1)C(=O)COC(=O)c1ccccc1OCc1ccc(Cl)cc1Cl. The Morgan fingerprint density at radius 3 is 2.56 bits per heavy atom. The number of nitrogens with one attached hydrogen (secondary N) is 1. The lowest BCUT2D eigenvalue weighted by molar-refractivity contribution is -0.138. The lowest BCUT2D eigenvalue weighted by Crippen LogP contribution is -2.45. The monoisotopic (exact) mass is 556 g/mol. The zero-order valence-corrected chi connectivity index (χ0v) is 21.9. The number of esters is 1. The van der Waals surface area contributed by atoms with Crippen LogP contribution >= 0.6 is 23.2 Å². The fraction of sp³-hybridized carbons (Fsp3) is 0.375. The van der Waals surface area contributed by atoms with Gasteiger partial charge in [0.05, 0.1) is 18.1 Å². The molecule has 194 valence electrons. The van der Waals surface area contributed by atoms with E-state index in [1.165, 1.54) is 11.0 Å². The number of likely N-dealkylation sites (N-methyl/N-ethyl adjacent to an activating group) is 1. The quantitative estimate of drug-likeness (QED) is 0.447. The van der Waals surface area contributed by atoms with Crippen molar-refractivity contribution in [3.63, 3.8) is 0 Å². The molecule has 1 aliphatic rings. The first-order valence-corrected chi connectivity index (χ1v) is 13.8. The van der Waals surface area contributed by atoms with Gasteiger partial charge in [-0.2, -0.15) is 0 Å². The minimum atomic E-state index is -3.14. The minimum Gasteiger partial charge on any atom is -0.488 e. The van der Waals surface area contributed by atoms with Crippen molar-refractivity contribution in [2.45, 2.75) is 26.0 Å². The summed E-state index contributed by atoms with van der Waals surface area (Å²) in [5.41, 5.74) is 0.796. The summed E-state index contributed by atoms with van der Waals surface area (Å²) in [5, 5.41) is 3.54. The van der Waals surface area contributed by atoms with Gasteiger partial charge in [0.1, 0.15) is 17.9 Å². The van der Waals surface area contributed by atoms with Gasteiger partial charge in [-0.15, -0.1) is 0 Å². The van der Waals surface area contributed by atoms with Crippen LogP contribution in [0.15, 0.2) is 42.5 Å². The van der Waals surface area contributed by atoms with Crippen molar-refractivity contribution in [2.75, 3.05) is 31.2 Å². The van der Waals surface area contributed by atoms with E-state index < -0.39 is 40.3 Å². The highest BCUT2D eigenvalue weighted by atomic mass is 35.5. The zero-order valence-electron chi connectivity index (χ0n) is 19.5. The predicted molar refractivity (Wildman–Crippen MR) is 135 cm³/mol. The fourth-order valence-electron chi connectivity index (χ4n) is 3.58. The molecule has 2 amide bonds. The number of carbonyl (C=O) groups excluding carboxylic acids is 3. The van der Waals surface area contributed by atoms with Crippen LogP contribution in [0.3, 0.4) is 0 Å². The molecule has 0 aliphatic carbocycles. The molecule has 1 saturated heterocycles. The fourth-order valence-corrected chi connectivity index (χ4v) is 5.72. The van der Waals surface area contributed by atoms with Crippen LogP contribution in [0.2, 0.25) is 10.0 Å². The summed E-state index contributed by atoms with van der Waals surface area (Å²) in [4.78, 5) is 38.7. The number of para-hydroxylation sites is 1. The molecular formula is C24H26Cl2N2O7S. The molecule has 0 saturated carbocycles. The van der Waals surface area contributed by atoms with Gasteiger partial charge in [0.2, 0.25) is 5.91 Å². The van der Waals surface area contributed by atoms with E-state index >= 15 is 0 Å². The van der Waals surface area contributed by atoms with Gasteiger partial charge in [-0.1, -0.05) is 41.4 Å². The molecule has 1 fully saturated rings. The van der Waals surface area contributed by atoms with Gasteiger partial charge in [-0.05, 0) is 37.6 Å². The third-order valence-electron chi connectivity index (χ3n) is 5.50. The first kappa shape index (κ1) is 27.8. The highest BCUT2D eigenvalue weighted by Gasteiger charge is 2.29. The van der Waals surface area contributed by atoms with E-state index in [2.05, 4.69) is 5.32 Å². The topological polar surface area (TPSA) is 119 Å². The Morgan fingerprint density at radius 1 is 1.14 bits per heavy atom. The summed E-state index contributed by atoms with van der Waals surface area (Å²) in [5.74, 6) is -1.63. The molecule has 3 rings (SSSR count). The van der Waals surface area contributed by atoms with Crippen molar-refractivity contribution in [1.82, 2.24) is 10.2 Å². The number of amides is 2. The van der Waals surface area contributed by atoms with E-state index in [1.54, 1.807) is 43.3 Å². The number of nitrogens with zero attached hydrogens (tertiary/aromatic N) is 1. The van der Waals surface area contributed by atoms with E-state index in [-0.39, 0.29) is 42.5 Å². The van der Waals surface area contributed by atoms with Gasteiger partial charge in [0, 0.05) is 28.2 Å². The van der Waals surface area contributed by atoms with E-state index in [1.807, 2.05) is 0 Å². The largest absolute Gasteiger partial charge is 0.488 e. The lowest BCUT2D eigenvalue weighted by atomic mass is 10.2. The Morgan fingerprint density at radius 2 is 1.89 bits per heavy atom. The predicted octanol–water partition coefficient (Wildman–Crippen LogP) is 2.88. The first-order chi connectivity index (χ1) is 17.1. The molecule has 9 nitrogen and oxygen atoms in total. The first-order valence-electron chi connectivity index (χ1n) is 11.2. The Bertz CT molecular complexity index is 1240. The molecule has 0 bridgehead atoms. The van der Waals surface area contributed by atoms with Gasteiger partial charge in [-0.25, -0.2) is 13.2 Å². The zero-order chi connectivity index (χ0) is 26.3. The van der Waals surface area contributed by atoms with Crippen molar-refractivity contribution in [3.05, 3.63) is 63.6 Å². The number of halogens is 2. The molecule has 0 aromatic heterocycles. The third-order valence-corrected chi connectivity index (χ3v) is 7.85. The second-order valence-corrected chi connectivity index (χ2v) is 11.2. The molecule has 1 N–H and O–H groups in total. The summed E-state index contributed by atoms with van der Waals surface area (Å²) in [6.07, 6.45) is 0.345. The Kier molecular flexibility index (Phi) is 9.58. The van der Waals surface area contributed by atoms with Crippen LogP contribution in [0, 0.1) is 0 Å². The van der Waals surface area contributed by atoms with Crippen molar-refractivity contribution in [3.8, 4) is 5.75 Å². The normalized spacial score (nSPS) is 16.2. The second-order valence-electron chi connectivity index (χ2n) is 8.17. The molecule has 2 aromatic rings. The summed E-state index contributed by atoms with van der Waals surface area (Å²) < 4.78 is 34.0. The molecule has 0 spiro atoms. The maximum Gasteiger partial charge on any atom is 0.342 e. The molecular weight excluding hydrogens is 531 g/mol. The molecule has 2 aromatic carbocycles. The Labute approximate surface area is 219 Å². The summed E-state index contributed by atoms with van der Waals surface area (Å²) in [6, 6.07) is 10.9. The van der Waals surface area contributed by atoms with Crippen LogP contribution in [-0.4, -0.2) is 68.3 Å². The van der Waals surface area contributed by atoms with Crippen LogP contribution in [-0.2, 0) is 30.8 Å². The van der Waals surface area contributed by atoms with Crippen molar-refractivity contribution in [1.29, 1.82) is 0 Å². The molecule has 36 heavy (non-hydrogen) atoms. The van der Waals surface area contributed by atoms with E-state index in [9.17, 15) is 22.8 Å². The van der Waals surface area contributed by atoms with Gasteiger partial charge in [0.15, 0.2) is 16.4 Å². The van der Waals surface area contributed by atoms with Gasteiger partial charge >= 0.3 is 5.97 Å². The number of carbonyl (C=O) groups is 3. The van der Waals surface area contributed by atoms with Crippen LogP contribution in [0.5, 0.6) is 5.75 Å². The van der Waals surface area contributed by atoms with Crippen molar-refractivity contribution < 1.29 is 32.3 Å². The maximum atomic E-state index is 12.7. The van der Waals surface area contributed by atoms with Crippen LogP contribution in [0.1, 0.15) is 29.3 Å². The van der Waals surface area contributed by atoms with Crippen LogP contribution in [0.4, 0.5) is 0 Å². The van der Waals surface area contributed by atoms with Crippen LogP contribution in [0.25, 0.3) is 0 Å². The minimum absolute atomic E-state index is 0.0300. The molecule has 1 atom stereocenters. The summed E-state index contributed by atoms with van der Waals surface area (Å²) in [6.45, 7) is 1.12. The molecule has 0 unspecified atom stereocenters. The number of hydrogen-bond acceptors (Lipinski definition) is 7. The Balaban J connectivity index is 1.53. The second kappa shape index (κ2) is 12.4. The van der Waals surface area contributed by atoms with Crippen molar-refractivity contribution in [2.24, 2.45) is 0 Å². The maximum absolute atomic E-state index is 12.7. The number of hydrogen-bond donors (Lipinski definition) is 1. The summed E-state index contributed by atoms with van der Waals surface area (Å²) in [7, 11) is -3.14. The van der Waals surface area contributed by atoms with Gasteiger partial charge < -0.3 is 19.7 Å². The third kappa shape index (κ3) is 7.84. The number of sulfone groups is 1. The van der Waals surface area contributed by atoms with Crippen molar-refractivity contribution >= 4 is 50.8 Å². The smallest absolute Gasteiger partial charge is 0.342 e. The summed E-state index contributed by atoms with van der Waals surface area (Å²) >= 11 is 12.1. The molecule has 1 aliphatic heterocycles. The average molecular weight is 557 g/mol. The highest BCUT2D eigenvalue weighted by molar-refractivity contribution is 7.91. The number of ether oxygens (including phenoxy) is 2. The van der Waals surface area contributed by atoms with Gasteiger partial charge in [-0.3, -0.25) is 9.59 Å². The van der Waals surface area contributed by atoms with Crippen LogP contribution < -0.4 is 10.1 Å².